The van der Waals surface area contributed by atoms with Gasteiger partial charge in [-0.25, -0.2) is 9.97 Å². The predicted octanol–water partition coefficient (Wildman–Crippen LogP) is 1.39. The van der Waals surface area contributed by atoms with Crippen molar-refractivity contribution >= 4 is 35.4 Å². The van der Waals surface area contributed by atoms with Crippen molar-refractivity contribution in [3.05, 3.63) is 23.7 Å². The van der Waals surface area contributed by atoms with E-state index >= 15 is 0 Å². The monoisotopic (exact) mass is 376 g/mol. The van der Waals surface area contributed by atoms with E-state index in [1.165, 1.54) is 10.3 Å². The number of rotatable bonds is 0. The third kappa shape index (κ3) is 1.45. The maximum Gasteiger partial charge on any atom is 1.00 e. The molecule has 0 fully saturated rings. The second-order valence-corrected chi connectivity index (χ2v) is 2.79. The van der Waals surface area contributed by atoms with E-state index in [0.717, 1.165) is 5.39 Å². The van der Waals surface area contributed by atoms with Gasteiger partial charge in [-0.05, 0) is 12.3 Å². The summed E-state index contributed by atoms with van der Waals surface area (Å²) in [6.45, 7) is 0. The normalized spacial score (nSPS) is 9.75. The van der Waals surface area contributed by atoms with Gasteiger partial charge < -0.3 is 16.8 Å². The van der Waals surface area contributed by atoms with Crippen LogP contribution in [0.5, 0.6) is 0 Å². The molecule has 0 aliphatic carbocycles. The second-order valence-electron chi connectivity index (χ2n) is 2.04. The van der Waals surface area contributed by atoms with Crippen LogP contribution < -0.4 is 0 Å². The molecule has 0 saturated carbocycles. The van der Waals surface area contributed by atoms with Crippen LogP contribution in [0.15, 0.2) is 18.6 Å². The number of halogens is 1. The topological polar surface area (TPSA) is 30.7 Å². The second kappa shape index (κ2) is 3.65. The van der Waals surface area contributed by atoms with Crippen molar-refractivity contribution in [2.24, 2.45) is 0 Å². The molecule has 0 N–H and O–H groups in total. The van der Waals surface area contributed by atoms with Crippen LogP contribution in [0.1, 0.15) is 0 Å². The molecule has 0 atom stereocenters. The van der Waals surface area contributed by atoms with Gasteiger partial charge in [0.15, 0.2) is 0 Å². The van der Waals surface area contributed by atoms with Gasteiger partial charge in [-0.3, -0.25) is 0 Å². The molecule has 0 unspecified atom stereocenters. The summed E-state index contributed by atoms with van der Waals surface area (Å²) in [6.07, 6.45) is 3.12. The third-order valence-electron chi connectivity index (χ3n) is 1.40. The van der Waals surface area contributed by atoms with Gasteiger partial charge in [0, 0.05) is 0 Å². The quantitative estimate of drug-likeness (QED) is 0.516. The Balaban J connectivity index is 0.000000720. The first kappa shape index (κ1) is 9.85. The molecule has 0 spiro atoms. The number of hydrogen-bond donors (Lipinski definition) is 0. The molecule has 0 amide bonds. The van der Waals surface area contributed by atoms with Gasteiger partial charge in [-0.15, -0.1) is 0 Å². The molecule has 6 heteroatoms. The molecule has 0 aliphatic heterocycles. The molecule has 0 bridgehead atoms. The maximum absolute atomic E-state index is 5.76. The molecule has 0 aliphatic rings. The van der Waals surface area contributed by atoms with Gasteiger partial charge in [0.1, 0.15) is 17.1 Å². The molecule has 2 aromatic heterocycles. The fourth-order valence-electron chi connectivity index (χ4n) is 0.897. The molecular formula is C6H3ClN3OsS. The SMILES string of the molecule is [Os+].[S-]n1ccc2c(Cl)ncnc21. The number of hydrogen-bond acceptors (Lipinski definition) is 3. The van der Waals surface area contributed by atoms with Gasteiger partial charge in [-0.1, -0.05) is 11.6 Å². The summed E-state index contributed by atoms with van der Waals surface area (Å²) in [5.41, 5.74) is 0.681. The molecule has 0 aromatic carbocycles. The van der Waals surface area contributed by atoms with Crippen molar-refractivity contribution in [1.29, 1.82) is 0 Å². The minimum absolute atomic E-state index is 0. The van der Waals surface area contributed by atoms with Crippen LogP contribution in [0.25, 0.3) is 11.0 Å². The first-order valence-electron chi connectivity index (χ1n) is 2.94. The first-order chi connectivity index (χ1) is 5.29. The molecule has 3 nitrogen and oxygen atoms in total. The predicted molar refractivity (Wildman–Crippen MR) is 45.3 cm³/mol. The molecular weight excluding hydrogens is 372 g/mol. The molecule has 2 heterocycles. The number of nitrogens with zero attached hydrogens (tertiary/aromatic N) is 3. The molecule has 1 radical (unpaired) electrons. The molecule has 2 rings (SSSR count). The van der Waals surface area contributed by atoms with Gasteiger partial charge in [-0.2, -0.15) is 0 Å². The van der Waals surface area contributed by atoms with E-state index in [-0.39, 0.29) is 19.8 Å². The Morgan fingerprint density at radius 2 is 2.17 bits per heavy atom. The van der Waals surface area contributed by atoms with E-state index in [4.69, 9.17) is 24.4 Å². The van der Waals surface area contributed by atoms with Crippen LogP contribution in [-0.2, 0) is 32.6 Å². The van der Waals surface area contributed by atoms with Crippen LogP contribution in [-0.4, -0.2) is 13.9 Å². The smallest absolute Gasteiger partial charge is 0.686 e. The van der Waals surface area contributed by atoms with Gasteiger partial charge in [0.05, 0.1) is 5.39 Å². The van der Waals surface area contributed by atoms with Crippen LogP contribution in [0, 0.1) is 0 Å². The Bertz CT molecular complexity index is 403. The maximum atomic E-state index is 5.76. The fraction of sp³-hybridized carbons (Fsp3) is 0. The van der Waals surface area contributed by atoms with E-state index in [2.05, 4.69) is 9.97 Å². The summed E-state index contributed by atoms with van der Waals surface area (Å²) in [5.74, 6) is 0. The Labute approximate surface area is 92.7 Å². The Kier molecular flexibility index (Phi) is 3.00. The third-order valence-corrected chi connectivity index (χ3v) is 2.00. The van der Waals surface area contributed by atoms with Crippen molar-refractivity contribution < 1.29 is 19.8 Å². The Morgan fingerprint density at radius 3 is 2.83 bits per heavy atom. The van der Waals surface area contributed by atoms with E-state index in [0.29, 0.717) is 10.8 Å². The summed E-state index contributed by atoms with van der Waals surface area (Å²) in [6, 6.07) is 1.80. The summed E-state index contributed by atoms with van der Waals surface area (Å²) >= 11 is 10.7. The van der Waals surface area contributed by atoms with Crippen molar-refractivity contribution in [2.75, 3.05) is 0 Å². The van der Waals surface area contributed by atoms with Crippen LogP contribution in [0.4, 0.5) is 0 Å². The zero-order chi connectivity index (χ0) is 7.84. The van der Waals surface area contributed by atoms with E-state index in [9.17, 15) is 0 Å². The first-order valence-corrected chi connectivity index (χ1v) is 3.68. The number of fused-ring (bicyclic) bond motifs is 1. The number of aromatic nitrogens is 3. The van der Waals surface area contributed by atoms with E-state index < -0.39 is 0 Å². The van der Waals surface area contributed by atoms with Crippen molar-refractivity contribution in [3.8, 4) is 0 Å². The van der Waals surface area contributed by atoms with Crippen LogP contribution in [0.2, 0.25) is 5.15 Å². The van der Waals surface area contributed by atoms with Gasteiger partial charge in [0.2, 0.25) is 0 Å². The van der Waals surface area contributed by atoms with Crippen LogP contribution >= 0.6 is 11.6 Å². The molecule has 0 saturated heterocycles. The molecule has 63 valence electrons. The molecule has 12 heavy (non-hydrogen) atoms. The van der Waals surface area contributed by atoms with Gasteiger partial charge in [0.25, 0.3) is 0 Å². The minimum atomic E-state index is 0. The Morgan fingerprint density at radius 1 is 1.42 bits per heavy atom. The summed E-state index contributed by atoms with van der Waals surface area (Å²) in [4.78, 5) is 7.78. The van der Waals surface area contributed by atoms with Crippen molar-refractivity contribution in [3.63, 3.8) is 0 Å². The zero-order valence-electron chi connectivity index (χ0n) is 5.71. The van der Waals surface area contributed by atoms with Crippen molar-refractivity contribution in [1.82, 2.24) is 13.9 Å². The van der Waals surface area contributed by atoms with E-state index in [1.54, 1.807) is 12.3 Å². The molecule has 2 aromatic rings. The van der Waals surface area contributed by atoms with Crippen LogP contribution in [0.3, 0.4) is 0 Å². The zero-order valence-corrected chi connectivity index (χ0v) is 9.83. The van der Waals surface area contributed by atoms with Gasteiger partial charge >= 0.3 is 19.8 Å². The average molecular weight is 375 g/mol. The largest absolute Gasteiger partial charge is 1.00 e. The fourth-order valence-corrected chi connectivity index (χ4v) is 1.29. The average Bonchev–Trinajstić information content (AvgIpc) is 2.35. The minimum Gasteiger partial charge on any atom is -0.686 e. The standard InChI is InChI=1S/C6H3ClN3S.Os/c7-5-4-1-2-10(11)6(4)9-3-8-5;/h1-3H;/q-1;+1. The summed E-state index contributed by atoms with van der Waals surface area (Å²) in [5, 5.41) is 1.24. The Hall–Kier alpha value is -0.234. The van der Waals surface area contributed by atoms with E-state index in [1.807, 2.05) is 0 Å². The summed E-state index contributed by atoms with van der Waals surface area (Å²) in [7, 11) is 0. The summed E-state index contributed by atoms with van der Waals surface area (Å²) < 4.78 is 1.49. The van der Waals surface area contributed by atoms with Crippen molar-refractivity contribution in [2.45, 2.75) is 0 Å².